The molecule has 0 unspecified atom stereocenters. The average molecular weight is 401 g/mol. The molecule has 4 rings (SSSR count). The standard InChI is InChI=1S/C22H27NO6/c1-23-9-12-6-20-15(8-19(12)27-3)22(25)17(11-29-20)16-10-28-18-5-4-13(26-2)7-14(18)21(16)24/h4-8,16-17,21-25H,9-11H2,1-3H3/t16-,17-,21+,22-/m0/s1. The summed E-state index contributed by atoms with van der Waals surface area (Å²) < 4.78 is 22.6. The van der Waals surface area contributed by atoms with E-state index in [2.05, 4.69) is 5.32 Å². The second kappa shape index (κ2) is 8.10. The van der Waals surface area contributed by atoms with Gasteiger partial charge in [-0.15, -0.1) is 0 Å². The van der Waals surface area contributed by atoms with E-state index in [1.165, 1.54) is 0 Å². The Morgan fingerprint density at radius 3 is 2.21 bits per heavy atom. The molecule has 4 atom stereocenters. The van der Waals surface area contributed by atoms with Gasteiger partial charge < -0.3 is 34.5 Å². The third-order valence-electron chi connectivity index (χ3n) is 5.86. The lowest BCUT2D eigenvalue weighted by atomic mass is 9.77. The zero-order valence-corrected chi connectivity index (χ0v) is 16.8. The van der Waals surface area contributed by atoms with E-state index < -0.39 is 12.2 Å². The van der Waals surface area contributed by atoms with Gasteiger partial charge in [-0.1, -0.05) is 0 Å². The molecule has 2 aliphatic rings. The predicted molar refractivity (Wildman–Crippen MR) is 107 cm³/mol. The van der Waals surface area contributed by atoms with Gasteiger partial charge >= 0.3 is 0 Å². The second-order valence-corrected chi connectivity index (χ2v) is 7.48. The van der Waals surface area contributed by atoms with Crippen LogP contribution in [0.3, 0.4) is 0 Å². The van der Waals surface area contributed by atoms with E-state index in [9.17, 15) is 10.2 Å². The quantitative estimate of drug-likeness (QED) is 0.708. The van der Waals surface area contributed by atoms with Crippen molar-refractivity contribution in [3.8, 4) is 23.0 Å². The lowest BCUT2D eigenvalue weighted by molar-refractivity contribution is -0.0552. The molecule has 0 saturated carbocycles. The van der Waals surface area contributed by atoms with Crippen LogP contribution < -0.4 is 24.3 Å². The van der Waals surface area contributed by atoms with Gasteiger partial charge in [0, 0.05) is 35.1 Å². The number of hydrogen-bond donors (Lipinski definition) is 3. The van der Waals surface area contributed by atoms with Crippen LogP contribution in [0.1, 0.15) is 28.9 Å². The van der Waals surface area contributed by atoms with Crippen LogP contribution in [0.4, 0.5) is 0 Å². The molecule has 0 aromatic heterocycles. The van der Waals surface area contributed by atoms with Gasteiger partial charge in [0.1, 0.15) is 23.0 Å². The Morgan fingerprint density at radius 2 is 1.59 bits per heavy atom. The molecule has 3 N–H and O–H groups in total. The first-order valence-corrected chi connectivity index (χ1v) is 9.72. The SMILES string of the molecule is CNCc1cc2c(cc1OC)[C@H](O)[C@H]([C@@H]1COc3ccc(OC)cc3[C@H]1O)CO2. The largest absolute Gasteiger partial charge is 0.497 e. The Bertz CT molecular complexity index is 886. The molecule has 2 aromatic carbocycles. The fourth-order valence-electron chi connectivity index (χ4n) is 4.24. The van der Waals surface area contributed by atoms with E-state index in [1.807, 2.05) is 19.2 Å². The highest BCUT2D eigenvalue weighted by atomic mass is 16.5. The smallest absolute Gasteiger partial charge is 0.125 e. The number of rotatable bonds is 5. The van der Waals surface area contributed by atoms with Crippen LogP contribution in [0, 0.1) is 11.8 Å². The molecule has 0 radical (unpaired) electrons. The molecular formula is C22H27NO6. The zero-order valence-electron chi connectivity index (χ0n) is 16.8. The molecule has 0 bridgehead atoms. The van der Waals surface area contributed by atoms with E-state index in [0.717, 1.165) is 5.56 Å². The highest BCUT2D eigenvalue weighted by Crippen LogP contribution is 2.47. The fourth-order valence-corrected chi connectivity index (χ4v) is 4.24. The van der Waals surface area contributed by atoms with Crippen LogP contribution in [0.2, 0.25) is 0 Å². The maximum Gasteiger partial charge on any atom is 0.125 e. The minimum absolute atomic E-state index is 0.296. The second-order valence-electron chi connectivity index (χ2n) is 7.48. The molecule has 156 valence electrons. The van der Waals surface area contributed by atoms with Crippen molar-refractivity contribution >= 4 is 0 Å². The van der Waals surface area contributed by atoms with Crippen molar-refractivity contribution in [2.24, 2.45) is 11.8 Å². The lowest BCUT2D eigenvalue weighted by Crippen LogP contribution is -2.40. The van der Waals surface area contributed by atoms with Gasteiger partial charge in [-0.05, 0) is 37.4 Å². The molecule has 7 nitrogen and oxygen atoms in total. The normalized spacial score (nSPS) is 25.3. The van der Waals surface area contributed by atoms with Gasteiger partial charge in [0.2, 0.25) is 0 Å². The molecule has 0 saturated heterocycles. The van der Waals surface area contributed by atoms with Crippen molar-refractivity contribution in [3.63, 3.8) is 0 Å². The molecule has 0 fully saturated rings. The van der Waals surface area contributed by atoms with Crippen LogP contribution in [0.5, 0.6) is 23.0 Å². The van der Waals surface area contributed by atoms with Crippen LogP contribution in [-0.4, -0.2) is 44.7 Å². The predicted octanol–water partition coefficient (Wildman–Crippen LogP) is 2.21. The van der Waals surface area contributed by atoms with E-state index >= 15 is 0 Å². The summed E-state index contributed by atoms with van der Waals surface area (Å²) in [7, 11) is 5.06. The van der Waals surface area contributed by atoms with Gasteiger partial charge in [-0.3, -0.25) is 0 Å². The molecular weight excluding hydrogens is 374 g/mol. The Hall–Kier alpha value is -2.48. The number of benzene rings is 2. The van der Waals surface area contributed by atoms with Crippen molar-refractivity contribution in [2.45, 2.75) is 18.8 Å². The number of fused-ring (bicyclic) bond motifs is 2. The topological polar surface area (TPSA) is 89.4 Å². The monoisotopic (exact) mass is 401 g/mol. The van der Waals surface area contributed by atoms with Crippen molar-refractivity contribution in [1.82, 2.24) is 5.32 Å². The lowest BCUT2D eigenvalue weighted by Gasteiger charge is -2.40. The Labute approximate surface area is 170 Å². The molecule has 2 heterocycles. The van der Waals surface area contributed by atoms with Crippen molar-refractivity contribution in [1.29, 1.82) is 0 Å². The fraction of sp³-hybridized carbons (Fsp3) is 0.455. The number of aliphatic hydroxyl groups excluding tert-OH is 2. The Morgan fingerprint density at radius 1 is 0.931 bits per heavy atom. The van der Waals surface area contributed by atoms with Gasteiger partial charge in [-0.2, -0.15) is 0 Å². The number of aliphatic hydroxyl groups is 2. The maximum absolute atomic E-state index is 11.1. The summed E-state index contributed by atoms with van der Waals surface area (Å²) in [4.78, 5) is 0. The summed E-state index contributed by atoms with van der Waals surface area (Å²) >= 11 is 0. The molecule has 2 aliphatic heterocycles. The van der Waals surface area contributed by atoms with E-state index in [1.54, 1.807) is 32.4 Å². The summed E-state index contributed by atoms with van der Waals surface area (Å²) in [5, 5.41) is 25.3. The average Bonchev–Trinajstić information content (AvgIpc) is 2.74. The van der Waals surface area contributed by atoms with Gasteiger partial charge in [0.15, 0.2) is 0 Å². The van der Waals surface area contributed by atoms with Crippen molar-refractivity contribution in [2.75, 3.05) is 34.5 Å². The minimum Gasteiger partial charge on any atom is -0.497 e. The number of methoxy groups -OCH3 is 2. The van der Waals surface area contributed by atoms with Crippen LogP contribution in [-0.2, 0) is 6.54 Å². The molecule has 0 amide bonds. The van der Waals surface area contributed by atoms with Gasteiger partial charge in [0.25, 0.3) is 0 Å². The first kappa shape index (κ1) is 19.8. The van der Waals surface area contributed by atoms with Crippen LogP contribution in [0.15, 0.2) is 30.3 Å². The van der Waals surface area contributed by atoms with Gasteiger partial charge in [0.05, 0.1) is 39.6 Å². The molecule has 7 heteroatoms. The van der Waals surface area contributed by atoms with Crippen molar-refractivity contribution in [3.05, 3.63) is 47.0 Å². The zero-order chi connectivity index (χ0) is 20.5. The summed E-state index contributed by atoms with van der Waals surface area (Å²) in [6.45, 7) is 1.23. The van der Waals surface area contributed by atoms with E-state index in [-0.39, 0.29) is 11.8 Å². The molecule has 29 heavy (non-hydrogen) atoms. The van der Waals surface area contributed by atoms with Gasteiger partial charge in [-0.25, -0.2) is 0 Å². The molecule has 0 aliphatic carbocycles. The Kier molecular flexibility index (Phi) is 5.54. The van der Waals surface area contributed by atoms with E-state index in [0.29, 0.717) is 53.9 Å². The van der Waals surface area contributed by atoms with Crippen LogP contribution >= 0.6 is 0 Å². The summed E-state index contributed by atoms with van der Waals surface area (Å²) in [5.41, 5.74) is 2.29. The minimum atomic E-state index is -0.799. The Balaban J connectivity index is 1.63. The van der Waals surface area contributed by atoms with Crippen LogP contribution in [0.25, 0.3) is 0 Å². The molecule has 0 spiro atoms. The third kappa shape index (κ3) is 3.50. The molecule has 2 aromatic rings. The first-order valence-electron chi connectivity index (χ1n) is 9.72. The summed E-state index contributed by atoms with van der Waals surface area (Å²) in [6, 6.07) is 9.10. The first-order chi connectivity index (χ1) is 14.1. The number of ether oxygens (including phenoxy) is 4. The highest BCUT2D eigenvalue weighted by Gasteiger charge is 2.42. The number of hydrogen-bond acceptors (Lipinski definition) is 7. The summed E-state index contributed by atoms with van der Waals surface area (Å²) in [6.07, 6.45) is -1.59. The van der Waals surface area contributed by atoms with E-state index in [4.69, 9.17) is 18.9 Å². The summed E-state index contributed by atoms with van der Waals surface area (Å²) in [5.74, 6) is 1.99. The maximum atomic E-state index is 11.1. The number of nitrogens with one attached hydrogen (secondary N) is 1. The highest BCUT2D eigenvalue weighted by molar-refractivity contribution is 5.49. The van der Waals surface area contributed by atoms with Crippen molar-refractivity contribution < 1.29 is 29.2 Å². The third-order valence-corrected chi connectivity index (χ3v) is 5.86.